The molecule has 1 aliphatic rings. The maximum atomic E-state index is 11.6. The van der Waals surface area contributed by atoms with Crippen LogP contribution >= 0.6 is 0 Å². The Morgan fingerprint density at radius 3 is 2.57 bits per heavy atom. The van der Waals surface area contributed by atoms with Crippen LogP contribution in [0.3, 0.4) is 0 Å². The molecule has 1 aromatic carbocycles. The first-order chi connectivity index (χ1) is 9.88. The van der Waals surface area contributed by atoms with Gasteiger partial charge < -0.3 is 4.74 Å². The van der Waals surface area contributed by atoms with Crippen LogP contribution in [0.4, 0.5) is 5.69 Å². The van der Waals surface area contributed by atoms with E-state index in [1.54, 1.807) is 13.0 Å². The van der Waals surface area contributed by atoms with E-state index in [-0.39, 0.29) is 18.0 Å². The summed E-state index contributed by atoms with van der Waals surface area (Å²) in [6, 6.07) is 7.59. The number of nitrogens with zero attached hydrogens (tertiary/aromatic N) is 1. The Morgan fingerprint density at radius 1 is 1.29 bits per heavy atom. The molecule has 0 radical (unpaired) electrons. The third-order valence-corrected chi connectivity index (χ3v) is 4.79. The van der Waals surface area contributed by atoms with Crippen molar-refractivity contribution in [1.82, 2.24) is 4.90 Å². The van der Waals surface area contributed by atoms with E-state index in [1.807, 2.05) is 18.2 Å². The van der Waals surface area contributed by atoms with Crippen LogP contribution in [0, 0.1) is 0 Å². The number of morpholine rings is 1. The van der Waals surface area contributed by atoms with Crippen LogP contribution in [0.1, 0.15) is 26.3 Å². The number of benzene rings is 1. The lowest BCUT2D eigenvalue weighted by atomic mass is 10.1. The molecular formula is C15H24N2O3S. The average molecular weight is 312 g/mol. The van der Waals surface area contributed by atoms with Crippen LogP contribution in [-0.2, 0) is 21.3 Å². The van der Waals surface area contributed by atoms with Crippen LogP contribution in [0.15, 0.2) is 24.3 Å². The molecule has 2 atom stereocenters. The van der Waals surface area contributed by atoms with E-state index >= 15 is 0 Å². The van der Waals surface area contributed by atoms with Gasteiger partial charge >= 0.3 is 0 Å². The Balaban J connectivity index is 2.04. The smallest absolute Gasteiger partial charge is 0.232 e. The van der Waals surface area contributed by atoms with Gasteiger partial charge in [-0.25, -0.2) is 8.42 Å². The minimum absolute atomic E-state index is 0.0791. The summed E-state index contributed by atoms with van der Waals surface area (Å²) in [4.78, 5) is 2.34. The maximum absolute atomic E-state index is 11.6. The Morgan fingerprint density at radius 2 is 1.95 bits per heavy atom. The number of nitrogens with one attached hydrogen (secondary N) is 1. The second-order valence-corrected chi connectivity index (χ2v) is 7.67. The molecule has 1 N–H and O–H groups in total. The first kappa shape index (κ1) is 16.3. The van der Waals surface area contributed by atoms with Crippen molar-refractivity contribution >= 4 is 15.7 Å². The molecule has 2 rings (SSSR count). The van der Waals surface area contributed by atoms with Crippen molar-refractivity contribution in [1.29, 1.82) is 0 Å². The number of hydrogen-bond acceptors (Lipinski definition) is 4. The van der Waals surface area contributed by atoms with Gasteiger partial charge in [0.05, 0.1) is 18.0 Å². The minimum Gasteiger partial charge on any atom is -0.373 e. The lowest BCUT2D eigenvalue weighted by Crippen LogP contribution is -2.44. The Labute approximate surface area is 127 Å². The van der Waals surface area contributed by atoms with Crippen molar-refractivity contribution in [2.45, 2.75) is 39.5 Å². The molecule has 6 heteroatoms. The molecular weight excluding hydrogens is 288 g/mol. The summed E-state index contributed by atoms with van der Waals surface area (Å²) >= 11 is 0. The van der Waals surface area contributed by atoms with E-state index in [0.717, 1.165) is 25.2 Å². The maximum Gasteiger partial charge on any atom is 0.232 e. The Hall–Kier alpha value is -1.11. The van der Waals surface area contributed by atoms with Gasteiger partial charge in [0, 0.05) is 25.3 Å². The van der Waals surface area contributed by atoms with Crippen molar-refractivity contribution in [2.75, 3.05) is 23.6 Å². The molecule has 0 bridgehead atoms. The van der Waals surface area contributed by atoms with Gasteiger partial charge in [0.2, 0.25) is 10.0 Å². The molecule has 0 unspecified atom stereocenters. The molecule has 0 spiro atoms. The third kappa shape index (κ3) is 4.98. The number of anilines is 1. The molecule has 0 saturated carbocycles. The van der Waals surface area contributed by atoms with E-state index < -0.39 is 10.0 Å². The molecule has 0 aromatic heterocycles. The number of sulfonamides is 1. The van der Waals surface area contributed by atoms with Crippen LogP contribution in [0.5, 0.6) is 0 Å². The molecule has 1 fully saturated rings. The second-order valence-electron chi connectivity index (χ2n) is 5.66. The SMILES string of the molecule is CCS(=O)(=O)Nc1cccc(CN2C[C@@H](C)O[C@@H](C)C2)c1. The molecule has 1 saturated heterocycles. The van der Waals surface area contributed by atoms with Gasteiger partial charge in [0.1, 0.15) is 0 Å². The highest BCUT2D eigenvalue weighted by molar-refractivity contribution is 7.92. The quantitative estimate of drug-likeness (QED) is 0.904. The topological polar surface area (TPSA) is 58.6 Å². The standard InChI is InChI=1S/C15H24N2O3S/c1-4-21(18,19)16-15-7-5-6-14(8-15)11-17-9-12(2)20-13(3)10-17/h5-8,12-13,16H,4,9-11H2,1-3H3/t12-,13+. The molecule has 5 nitrogen and oxygen atoms in total. The zero-order chi connectivity index (χ0) is 15.5. The summed E-state index contributed by atoms with van der Waals surface area (Å²) in [5.74, 6) is 0.0791. The summed E-state index contributed by atoms with van der Waals surface area (Å²) in [5, 5.41) is 0. The highest BCUT2D eigenvalue weighted by Gasteiger charge is 2.22. The van der Waals surface area contributed by atoms with Gasteiger partial charge in [0.15, 0.2) is 0 Å². The van der Waals surface area contributed by atoms with Gasteiger partial charge in [-0.3, -0.25) is 9.62 Å². The lowest BCUT2D eigenvalue weighted by molar-refractivity contribution is -0.0704. The summed E-state index contributed by atoms with van der Waals surface area (Å²) in [6.45, 7) is 8.38. The molecule has 1 aromatic rings. The molecule has 0 amide bonds. The van der Waals surface area contributed by atoms with E-state index in [0.29, 0.717) is 5.69 Å². The zero-order valence-corrected chi connectivity index (χ0v) is 13.7. The third-order valence-electron chi connectivity index (χ3n) is 3.48. The first-order valence-electron chi connectivity index (χ1n) is 7.35. The second kappa shape index (κ2) is 6.77. The average Bonchev–Trinajstić information content (AvgIpc) is 2.37. The number of hydrogen-bond donors (Lipinski definition) is 1. The monoisotopic (exact) mass is 312 g/mol. The van der Waals surface area contributed by atoms with Crippen molar-refractivity contribution < 1.29 is 13.2 Å². The predicted molar refractivity (Wildman–Crippen MR) is 84.8 cm³/mol. The number of rotatable bonds is 5. The van der Waals surface area contributed by atoms with E-state index in [1.165, 1.54) is 0 Å². The van der Waals surface area contributed by atoms with Gasteiger partial charge in [-0.2, -0.15) is 0 Å². The van der Waals surface area contributed by atoms with E-state index in [9.17, 15) is 8.42 Å². The molecule has 1 aliphatic heterocycles. The normalized spacial score (nSPS) is 24.0. The number of ether oxygens (including phenoxy) is 1. The van der Waals surface area contributed by atoms with Crippen LogP contribution < -0.4 is 4.72 Å². The Kier molecular flexibility index (Phi) is 5.24. The fraction of sp³-hybridized carbons (Fsp3) is 0.600. The fourth-order valence-corrected chi connectivity index (χ4v) is 3.29. The summed E-state index contributed by atoms with van der Waals surface area (Å²) in [6.07, 6.45) is 0.464. The van der Waals surface area contributed by atoms with Crippen molar-refractivity contribution in [2.24, 2.45) is 0 Å². The zero-order valence-electron chi connectivity index (χ0n) is 12.9. The summed E-state index contributed by atoms with van der Waals surface area (Å²) in [7, 11) is -3.22. The highest BCUT2D eigenvalue weighted by atomic mass is 32.2. The van der Waals surface area contributed by atoms with E-state index in [4.69, 9.17) is 4.74 Å². The van der Waals surface area contributed by atoms with Crippen LogP contribution in [0.2, 0.25) is 0 Å². The Bertz CT molecular complexity index is 564. The van der Waals surface area contributed by atoms with Gasteiger partial charge in [0.25, 0.3) is 0 Å². The van der Waals surface area contributed by atoms with Gasteiger partial charge in [-0.15, -0.1) is 0 Å². The van der Waals surface area contributed by atoms with Crippen LogP contribution in [0.25, 0.3) is 0 Å². The van der Waals surface area contributed by atoms with E-state index in [2.05, 4.69) is 23.5 Å². The lowest BCUT2D eigenvalue weighted by Gasteiger charge is -2.35. The molecule has 1 heterocycles. The minimum atomic E-state index is -3.22. The van der Waals surface area contributed by atoms with Gasteiger partial charge in [-0.05, 0) is 38.5 Å². The fourth-order valence-electron chi connectivity index (χ4n) is 2.66. The molecule has 21 heavy (non-hydrogen) atoms. The first-order valence-corrected chi connectivity index (χ1v) is 9.00. The van der Waals surface area contributed by atoms with Crippen molar-refractivity contribution in [3.63, 3.8) is 0 Å². The summed E-state index contributed by atoms with van der Waals surface area (Å²) in [5.41, 5.74) is 1.73. The summed E-state index contributed by atoms with van der Waals surface area (Å²) < 4.78 is 31.6. The molecule has 118 valence electrons. The van der Waals surface area contributed by atoms with Crippen molar-refractivity contribution in [3.8, 4) is 0 Å². The predicted octanol–water partition coefficient (Wildman–Crippen LogP) is 2.06. The largest absolute Gasteiger partial charge is 0.373 e. The van der Waals surface area contributed by atoms with Crippen LogP contribution in [-0.4, -0.2) is 44.4 Å². The highest BCUT2D eigenvalue weighted by Crippen LogP contribution is 2.17. The molecule has 0 aliphatic carbocycles. The van der Waals surface area contributed by atoms with Crippen molar-refractivity contribution in [3.05, 3.63) is 29.8 Å². The van der Waals surface area contributed by atoms with Gasteiger partial charge in [-0.1, -0.05) is 12.1 Å².